The highest BCUT2D eigenvalue weighted by Gasteiger charge is 2.26. The number of carbonyl (C=O) groups is 1. The lowest BCUT2D eigenvalue weighted by molar-refractivity contribution is 0.108. The number of rotatable bonds is 3. The van der Waals surface area contributed by atoms with Crippen molar-refractivity contribution < 1.29 is 9.53 Å². The van der Waals surface area contributed by atoms with Gasteiger partial charge >= 0.3 is 6.09 Å². The summed E-state index contributed by atoms with van der Waals surface area (Å²) in [6, 6.07) is 1.00. The number of nitrogens with zero attached hydrogens (tertiary/aromatic N) is 2. The molecule has 0 saturated heterocycles. The van der Waals surface area contributed by atoms with E-state index in [1.165, 1.54) is 0 Å². The molecule has 0 spiro atoms. The van der Waals surface area contributed by atoms with Gasteiger partial charge in [-0.15, -0.1) is 0 Å². The summed E-state index contributed by atoms with van der Waals surface area (Å²) >= 11 is 5.85. The summed E-state index contributed by atoms with van der Waals surface area (Å²) in [6.07, 6.45) is 0.534. The van der Waals surface area contributed by atoms with Crippen molar-refractivity contribution in [2.45, 2.75) is 32.1 Å². The Kier molecular flexibility index (Phi) is 4.75. The van der Waals surface area contributed by atoms with Crippen molar-refractivity contribution in [1.29, 1.82) is 0 Å². The van der Waals surface area contributed by atoms with Crippen molar-refractivity contribution in [3.63, 3.8) is 0 Å². The summed E-state index contributed by atoms with van der Waals surface area (Å²) < 4.78 is 5.38. The van der Waals surface area contributed by atoms with Crippen LogP contribution in [0.4, 0.5) is 4.79 Å². The van der Waals surface area contributed by atoms with Crippen molar-refractivity contribution in [3.8, 4) is 0 Å². The molecule has 0 aromatic carbocycles. The van der Waals surface area contributed by atoms with E-state index in [-0.39, 0.29) is 6.09 Å². The molecule has 2 aliphatic heterocycles. The van der Waals surface area contributed by atoms with Gasteiger partial charge in [0.25, 0.3) is 0 Å². The van der Waals surface area contributed by atoms with E-state index in [2.05, 4.69) is 30.0 Å². The molecule has 0 aliphatic carbocycles. The van der Waals surface area contributed by atoms with Crippen LogP contribution in [0.5, 0.6) is 0 Å². The number of carbonyl (C=O) groups excluding carboxylic acids is 1. The third-order valence-corrected chi connectivity index (χ3v) is 5.35. The van der Waals surface area contributed by atoms with E-state index in [0.717, 1.165) is 23.7 Å². The molecule has 2 heterocycles. The Bertz CT molecular complexity index is 457. The fourth-order valence-electron chi connectivity index (χ4n) is 2.14. The van der Waals surface area contributed by atoms with E-state index in [1.54, 1.807) is 4.90 Å². The first-order valence-corrected chi connectivity index (χ1v) is 11.0. The largest absolute Gasteiger partial charge is 0.450 e. The Hall–Kier alpha value is -1.01. The molecule has 0 aromatic heterocycles. The summed E-state index contributed by atoms with van der Waals surface area (Å²) in [7, 11) is -1.16. The molecule has 0 bridgehead atoms. The maximum Gasteiger partial charge on any atom is 0.410 e. The summed E-state index contributed by atoms with van der Waals surface area (Å²) in [6.45, 7) is 9.24. The second-order valence-corrected chi connectivity index (χ2v) is 12.4. The molecule has 1 amide bonds. The first-order chi connectivity index (χ1) is 9.35. The normalized spacial score (nSPS) is 19.2. The predicted molar refractivity (Wildman–Crippen MR) is 84.0 cm³/mol. The molecule has 0 atom stereocenters. The van der Waals surface area contributed by atoms with Gasteiger partial charge in [-0.25, -0.2) is 9.79 Å². The Morgan fingerprint density at radius 3 is 2.95 bits per heavy atom. The van der Waals surface area contributed by atoms with Crippen molar-refractivity contribution in [2.75, 3.05) is 26.2 Å². The van der Waals surface area contributed by atoms with Crippen LogP contribution in [0.15, 0.2) is 16.3 Å². The predicted octanol–water partition coefficient (Wildman–Crippen LogP) is 2.62. The van der Waals surface area contributed by atoms with Crippen molar-refractivity contribution >= 4 is 31.1 Å². The lowest BCUT2D eigenvalue weighted by atomic mass is 10.1. The average Bonchev–Trinajstić information content (AvgIpc) is 2.36. The Labute approximate surface area is 126 Å². The molecule has 7 heteroatoms. The number of hydrogen-bond donors (Lipinski definition) is 1. The number of hydrogen-bond acceptors (Lipinski definition) is 4. The van der Waals surface area contributed by atoms with Gasteiger partial charge in [-0.1, -0.05) is 19.6 Å². The molecule has 0 aromatic rings. The zero-order chi connectivity index (χ0) is 14.8. The van der Waals surface area contributed by atoms with Gasteiger partial charge in [0.05, 0.1) is 6.61 Å². The van der Waals surface area contributed by atoms with Gasteiger partial charge in [-0.3, -0.25) is 0 Å². The fourth-order valence-corrected chi connectivity index (χ4v) is 3.02. The molecule has 0 radical (unpaired) electrons. The summed E-state index contributed by atoms with van der Waals surface area (Å²) in [5.74, 6) is 0. The van der Waals surface area contributed by atoms with Gasteiger partial charge in [-0.2, -0.15) is 0 Å². The van der Waals surface area contributed by atoms with Crippen LogP contribution in [0.2, 0.25) is 25.7 Å². The zero-order valence-electron chi connectivity index (χ0n) is 12.3. The van der Waals surface area contributed by atoms with Crippen molar-refractivity contribution in [3.05, 3.63) is 11.3 Å². The van der Waals surface area contributed by atoms with Crippen LogP contribution in [0.25, 0.3) is 0 Å². The lowest BCUT2D eigenvalue weighted by Crippen LogP contribution is -2.41. The highest BCUT2D eigenvalue weighted by atomic mass is 35.5. The van der Waals surface area contributed by atoms with Gasteiger partial charge in [0, 0.05) is 39.8 Å². The molecule has 2 aliphatic rings. The standard InChI is InChI=1S/C13H22ClN3O2Si/c1-20(2,3)7-6-19-13(18)17-5-4-11-10(9-17)8-15-12(14)16-11/h4-9H2,1-3H3,(H,15,16). The van der Waals surface area contributed by atoms with Crippen LogP contribution in [0.3, 0.4) is 0 Å². The number of nitrogens with one attached hydrogen (secondary N) is 1. The van der Waals surface area contributed by atoms with E-state index < -0.39 is 8.07 Å². The molecule has 5 nitrogen and oxygen atoms in total. The minimum absolute atomic E-state index is 0.213. The first-order valence-electron chi connectivity index (χ1n) is 6.96. The zero-order valence-corrected chi connectivity index (χ0v) is 14.1. The van der Waals surface area contributed by atoms with Crippen molar-refractivity contribution in [1.82, 2.24) is 10.2 Å². The van der Waals surface area contributed by atoms with Crippen LogP contribution < -0.4 is 5.32 Å². The van der Waals surface area contributed by atoms with Gasteiger partial charge in [-0.05, 0) is 23.2 Å². The minimum Gasteiger partial charge on any atom is -0.450 e. The van der Waals surface area contributed by atoms with E-state index in [0.29, 0.717) is 31.5 Å². The molecule has 0 fully saturated rings. The van der Waals surface area contributed by atoms with Crippen LogP contribution in [0.1, 0.15) is 6.42 Å². The molecule has 1 N–H and O–H groups in total. The van der Waals surface area contributed by atoms with Crippen LogP contribution >= 0.6 is 11.6 Å². The monoisotopic (exact) mass is 315 g/mol. The molecular formula is C13H22ClN3O2Si. The number of halogens is 1. The Morgan fingerprint density at radius 2 is 2.25 bits per heavy atom. The third-order valence-electron chi connectivity index (χ3n) is 3.42. The third kappa shape index (κ3) is 4.24. The maximum atomic E-state index is 12.0. The first kappa shape index (κ1) is 15.4. The summed E-state index contributed by atoms with van der Waals surface area (Å²) in [5.41, 5.74) is 2.14. The number of aliphatic imine (C=N–C) groups is 1. The van der Waals surface area contributed by atoms with Crippen LogP contribution in [-0.4, -0.2) is 50.6 Å². The molecule has 0 unspecified atom stereocenters. The molecular weight excluding hydrogens is 294 g/mol. The van der Waals surface area contributed by atoms with E-state index in [1.807, 2.05) is 0 Å². The minimum atomic E-state index is -1.16. The number of amidine groups is 1. The molecule has 112 valence electrons. The molecule has 20 heavy (non-hydrogen) atoms. The Morgan fingerprint density at radius 1 is 1.50 bits per heavy atom. The second-order valence-electron chi connectivity index (χ2n) is 6.40. The fraction of sp³-hybridized carbons (Fsp3) is 0.692. The number of ether oxygens (including phenoxy) is 1. The highest BCUT2D eigenvalue weighted by molar-refractivity contribution is 6.76. The molecule has 2 rings (SSSR count). The van der Waals surface area contributed by atoms with E-state index in [4.69, 9.17) is 16.3 Å². The van der Waals surface area contributed by atoms with Crippen LogP contribution in [-0.2, 0) is 4.74 Å². The lowest BCUT2D eigenvalue weighted by Gasteiger charge is -2.31. The maximum absolute atomic E-state index is 12.0. The van der Waals surface area contributed by atoms with Gasteiger partial charge in [0.1, 0.15) is 0 Å². The quantitative estimate of drug-likeness (QED) is 0.643. The topological polar surface area (TPSA) is 53.9 Å². The number of amides is 1. The second kappa shape index (κ2) is 6.18. The van der Waals surface area contributed by atoms with Gasteiger partial charge in [0.2, 0.25) is 0 Å². The summed E-state index contributed by atoms with van der Waals surface area (Å²) in [5, 5.41) is 3.43. The van der Waals surface area contributed by atoms with Crippen molar-refractivity contribution in [2.24, 2.45) is 4.99 Å². The average molecular weight is 316 g/mol. The highest BCUT2D eigenvalue weighted by Crippen LogP contribution is 2.22. The Balaban J connectivity index is 1.85. The van der Waals surface area contributed by atoms with Crippen LogP contribution in [0, 0.1) is 0 Å². The van der Waals surface area contributed by atoms with E-state index in [9.17, 15) is 4.79 Å². The molecule has 0 saturated carbocycles. The van der Waals surface area contributed by atoms with E-state index >= 15 is 0 Å². The van der Waals surface area contributed by atoms with Gasteiger partial charge in [0.15, 0.2) is 5.29 Å². The smallest absolute Gasteiger partial charge is 0.410 e. The SMILES string of the molecule is C[Si](C)(C)CCOC(=O)N1CCC2=C(CNC(Cl)=N2)C1. The van der Waals surface area contributed by atoms with Gasteiger partial charge < -0.3 is 15.0 Å². The summed E-state index contributed by atoms with van der Waals surface area (Å²) in [4.78, 5) is 18.1.